The summed E-state index contributed by atoms with van der Waals surface area (Å²) < 4.78 is 39.8. The molecule has 0 fully saturated rings. The van der Waals surface area contributed by atoms with Gasteiger partial charge in [-0.25, -0.2) is 0 Å². The SMILES string of the molecule is FC(F)(F)c1ccc(-c2ccccc2[P+](Cc2ccccc2)(c2ccccc2)c2ccccc2)cc1.[Br-]. The van der Waals surface area contributed by atoms with Crippen LogP contribution in [0.2, 0.25) is 0 Å². The van der Waals surface area contributed by atoms with Gasteiger partial charge in [0.25, 0.3) is 0 Å². The van der Waals surface area contributed by atoms with Gasteiger partial charge in [-0.05, 0) is 53.6 Å². The maximum absolute atomic E-state index is 13.3. The van der Waals surface area contributed by atoms with Gasteiger partial charge in [0.15, 0.2) is 0 Å². The highest BCUT2D eigenvalue weighted by atomic mass is 79.9. The average molecular weight is 577 g/mol. The Hall–Kier alpha value is -3.20. The fraction of sp³-hybridized carbons (Fsp3) is 0.0625. The molecule has 5 aromatic rings. The van der Waals surface area contributed by atoms with Gasteiger partial charge in [-0.3, -0.25) is 0 Å². The molecule has 0 amide bonds. The van der Waals surface area contributed by atoms with Gasteiger partial charge in [0.1, 0.15) is 23.2 Å². The van der Waals surface area contributed by atoms with Crippen molar-refractivity contribution in [2.24, 2.45) is 0 Å². The van der Waals surface area contributed by atoms with Crippen LogP contribution < -0.4 is 32.9 Å². The van der Waals surface area contributed by atoms with Crippen LogP contribution in [0.5, 0.6) is 0 Å². The van der Waals surface area contributed by atoms with Crippen molar-refractivity contribution < 1.29 is 30.2 Å². The molecule has 0 aliphatic heterocycles. The van der Waals surface area contributed by atoms with Crippen molar-refractivity contribution in [3.05, 3.63) is 151 Å². The molecule has 0 saturated carbocycles. The Balaban J connectivity index is 0.00000320. The predicted octanol–water partition coefficient (Wildman–Crippen LogP) is 4.87. The third kappa shape index (κ3) is 5.56. The van der Waals surface area contributed by atoms with E-state index in [1.165, 1.54) is 28.3 Å². The highest BCUT2D eigenvalue weighted by Gasteiger charge is 2.47. The number of rotatable bonds is 6. The maximum atomic E-state index is 13.3. The molecular formula is C32H25BrF3P. The Morgan fingerprint density at radius 2 is 0.973 bits per heavy atom. The smallest absolute Gasteiger partial charge is 0.416 e. The minimum absolute atomic E-state index is 0. The highest BCUT2D eigenvalue weighted by molar-refractivity contribution is 7.95. The summed E-state index contributed by atoms with van der Waals surface area (Å²) in [6.07, 6.45) is -3.56. The van der Waals surface area contributed by atoms with Crippen LogP contribution in [0.15, 0.2) is 140 Å². The number of hydrogen-bond acceptors (Lipinski definition) is 0. The Morgan fingerprint density at radius 3 is 1.49 bits per heavy atom. The van der Waals surface area contributed by atoms with Crippen LogP contribution in [-0.4, -0.2) is 0 Å². The molecule has 5 aromatic carbocycles. The van der Waals surface area contributed by atoms with Crippen LogP contribution in [0.3, 0.4) is 0 Å². The first kappa shape index (κ1) is 26.9. The summed E-state index contributed by atoms with van der Waals surface area (Å²) in [6, 6.07) is 45.2. The van der Waals surface area contributed by atoms with E-state index < -0.39 is 19.0 Å². The molecule has 0 aromatic heterocycles. The van der Waals surface area contributed by atoms with Crippen molar-refractivity contribution in [2.45, 2.75) is 12.3 Å². The third-order valence-corrected chi connectivity index (χ3v) is 10.9. The van der Waals surface area contributed by atoms with Gasteiger partial charge < -0.3 is 17.0 Å². The summed E-state index contributed by atoms with van der Waals surface area (Å²) in [7, 11) is -2.24. The zero-order valence-corrected chi connectivity index (χ0v) is 22.4. The zero-order valence-electron chi connectivity index (χ0n) is 19.9. The predicted molar refractivity (Wildman–Crippen MR) is 146 cm³/mol. The molecule has 0 heterocycles. The van der Waals surface area contributed by atoms with Crippen LogP contribution in [0.1, 0.15) is 11.1 Å². The van der Waals surface area contributed by atoms with E-state index in [-0.39, 0.29) is 17.0 Å². The molecule has 0 N–H and O–H groups in total. The molecule has 37 heavy (non-hydrogen) atoms. The van der Waals surface area contributed by atoms with E-state index in [1.807, 2.05) is 36.4 Å². The van der Waals surface area contributed by atoms with Crippen LogP contribution in [-0.2, 0) is 12.3 Å². The molecular weight excluding hydrogens is 552 g/mol. The fourth-order valence-corrected chi connectivity index (χ4v) is 9.27. The van der Waals surface area contributed by atoms with E-state index in [9.17, 15) is 13.2 Å². The zero-order chi connectivity index (χ0) is 25.0. The lowest BCUT2D eigenvalue weighted by Gasteiger charge is -2.29. The summed E-state index contributed by atoms with van der Waals surface area (Å²) in [6.45, 7) is 0. The second-order valence-corrected chi connectivity index (χ2v) is 12.2. The molecule has 0 saturated heterocycles. The second kappa shape index (κ2) is 11.5. The van der Waals surface area contributed by atoms with Crippen molar-refractivity contribution >= 4 is 23.2 Å². The topological polar surface area (TPSA) is 0 Å². The first-order valence-corrected chi connectivity index (χ1v) is 13.8. The lowest BCUT2D eigenvalue weighted by Crippen LogP contribution is -3.00. The average Bonchev–Trinajstić information content (AvgIpc) is 2.93. The Bertz CT molecular complexity index is 1380. The van der Waals surface area contributed by atoms with Gasteiger partial charge in [0.2, 0.25) is 0 Å². The third-order valence-electron chi connectivity index (χ3n) is 6.50. The Kier molecular flexibility index (Phi) is 8.32. The van der Waals surface area contributed by atoms with Crippen LogP contribution >= 0.6 is 7.26 Å². The van der Waals surface area contributed by atoms with Gasteiger partial charge in [-0.15, -0.1) is 0 Å². The molecule has 5 rings (SSSR count). The minimum atomic E-state index is -4.36. The molecule has 0 radical (unpaired) electrons. The van der Waals surface area contributed by atoms with Gasteiger partial charge in [-0.2, -0.15) is 13.2 Å². The molecule has 0 unspecified atom stereocenters. The van der Waals surface area contributed by atoms with Crippen molar-refractivity contribution in [1.82, 2.24) is 0 Å². The molecule has 0 atom stereocenters. The lowest BCUT2D eigenvalue weighted by molar-refractivity contribution is -0.137. The first-order valence-electron chi connectivity index (χ1n) is 11.8. The summed E-state index contributed by atoms with van der Waals surface area (Å²) in [4.78, 5) is 0. The van der Waals surface area contributed by atoms with Crippen molar-refractivity contribution in [1.29, 1.82) is 0 Å². The van der Waals surface area contributed by atoms with E-state index in [4.69, 9.17) is 0 Å². The standard InChI is InChI=1S/C32H25F3P.BrH/c33-32(34,35)27-22-20-26(21-23-27)30-18-10-11-19-31(30)36(28-14-6-2-7-15-28,29-16-8-3-9-17-29)24-25-12-4-1-5-13-25;/h1-23H,24H2;1H/q+1;/p-1. The second-order valence-electron chi connectivity index (χ2n) is 8.72. The molecule has 186 valence electrons. The largest absolute Gasteiger partial charge is 1.00 e. The van der Waals surface area contributed by atoms with Gasteiger partial charge in [0, 0.05) is 5.56 Å². The number of alkyl halides is 3. The Morgan fingerprint density at radius 1 is 0.514 bits per heavy atom. The fourth-order valence-electron chi connectivity index (χ4n) is 4.81. The van der Waals surface area contributed by atoms with E-state index in [0.717, 1.165) is 22.6 Å². The van der Waals surface area contributed by atoms with Crippen LogP contribution in [0.4, 0.5) is 13.2 Å². The summed E-state index contributed by atoms with van der Waals surface area (Å²) in [5.41, 5.74) is 2.33. The number of halogens is 4. The van der Waals surface area contributed by atoms with Crippen LogP contribution in [0, 0.1) is 0 Å². The van der Waals surface area contributed by atoms with Gasteiger partial charge >= 0.3 is 6.18 Å². The Labute approximate surface area is 226 Å². The summed E-state index contributed by atoms with van der Waals surface area (Å²) in [5, 5.41) is 3.63. The summed E-state index contributed by atoms with van der Waals surface area (Å²) >= 11 is 0. The molecule has 0 spiro atoms. The van der Waals surface area contributed by atoms with Crippen molar-refractivity contribution in [3.63, 3.8) is 0 Å². The van der Waals surface area contributed by atoms with E-state index in [0.29, 0.717) is 0 Å². The normalized spacial score (nSPS) is 11.5. The molecule has 5 heteroatoms. The van der Waals surface area contributed by atoms with Crippen LogP contribution in [0.25, 0.3) is 11.1 Å². The molecule has 0 aliphatic carbocycles. The minimum Gasteiger partial charge on any atom is -1.00 e. The summed E-state index contributed by atoms with van der Waals surface area (Å²) in [5.74, 6) is 0. The highest BCUT2D eigenvalue weighted by Crippen LogP contribution is 2.59. The van der Waals surface area contributed by atoms with Crippen molar-refractivity contribution in [3.8, 4) is 11.1 Å². The first-order chi connectivity index (χ1) is 17.5. The van der Waals surface area contributed by atoms with Gasteiger partial charge in [-0.1, -0.05) is 97.1 Å². The monoisotopic (exact) mass is 576 g/mol. The van der Waals surface area contributed by atoms with E-state index in [1.54, 1.807) is 12.1 Å². The van der Waals surface area contributed by atoms with E-state index in [2.05, 4.69) is 78.9 Å². The number of benzene rings is 5. The lowest BCUT2D eigenvalue weighted by atomic mass is 10.0. The van der Waals surface area contributed by atoms with Gasteiger partial charge in [0.05, 0.1) is 11.7 Å². The molecule has 0 nitrogen and oxygen atoms in total. The maximum Gasteiger partial charge on any atom is 0.416 e. The van der Waals surface area contributed by atoms with Crippen molar-refractivity contribution in [2.75, 3.05) is 0 Å². The molecule has 0 aliphatic rings. The number of hydrogen-bond donors (Lipinski definition) is 0. The molecule has 0 bridgehead atoms. The van der Waals surface area contributed by atoms with E-state index >= 15 is 0 Å². The quantitative estimate of drug-likeness (QED) is 0.253.